The van der Waals surface area contributed by atoms with Gasteiger partial charge in [0.25, 0.3) is 5.89 Å². The number of thioether (sulfide) groups is 1. The second-order valence-electron chi connectivity index (χ2n) is 12.5. The van der Waals surface area contributed by atoms with Gasteiger partial charge in [0.1, 0.15) is 0 Å². The second-order valence-corrected chi connectivity index (χ2v) is 15.4. The lowest BCUT2D eigenvalue weighted by Gasteiger charge is -2.31. The van der Waals surface area contributed by atoms with Crippen molar-refractivity contribution in [3.8, 4) is 11.3 Å². The lowest BCUT2D eigenvalue weighted by Crippen LogP contribution is -2.45. The van der Waals surface area contributed by atoms with Crippen LogP contribution in [0, 0.1) is 5.92 Å². The molecule has 0 bridgehead atoms. The molecule has 3 aromatic rings. The van der Waals surface area contributed by atoms with E-state index in [-0.39, 0.29) is 17.3 Å². The molecule has 0 unspecified atom stereocenters. The number of benzene rings is 2. The molecule has 2 fully saturated rings. The maximum atomic E-state index is 13.3. The fraction of sp³-hybridized carbons (Fsp3) is 0.548. The Morgan fingerprint density at radius 1 is 1.07 bits per heavy atom. The molecule has 5 rings (SSSR count). The first kappa shape index (κ1) is 30.1. The van der Waals surface area contributed by atoms with E-state index in [1.54, 1.807) is 18.2 Å². The van der Waals surface area contributed by atoms with Gasteiger partial charge in [-0.15, -0.1) is 0 Å². The molecule has 3 N–H and O–H groups in total. The molecule has 0 atom stereocenters. The quantitative estimate of drug-likeness (QED) is 0.304. The Hall–Kier alpha value is -2.40. The summed E-state index contributed by atoms with van der Waals surface area (Å²) >= 11 is 1.81. The Labute approximate surface area is 247 Å². The van der Waals surface area contributed by atoms with E-state index < -0.39 is 27.1 Å². The van der Waals surface area contributed by atoms with Crippen molar-refractivity contribution in [2.24, 2.45) is 5.92 Å². The number of aromatic nitrogens is 1. The number of sulfonamides is 1. The largest absolute Gasteiger partial charge is 0.432 e. The van der Waals surface area contributed by atoms with Gasteiger partial charge in [0.15, 0.2) is 5.76 Å². The number of nitrogens with one attached hydrogen (secondary N) is 2. The van der Waals surface area contributed by atoms with Crippen molar-refractivity contribution in [1.29, 1.82) is 0 Å². The van der Waals surface area contributed by atoms with E-state index in [0.29, 0.717) is 53.0 Å². The standard InChI is InChI=1S/C31H41N3O5S2/c1-30(2,3)34-41(37,38)26-14-13-24(22-11-7-8-12-23(22)26)27-25(19-21-9-5-4-6-10-21)33-29(39-27)28(35)32-20-31(36)15-17-40-18-16-31/h7-8,11-14,21,34,36H,4-6,9-10,15-20H2,1-3H3,(H,32,35). The topological polar surface area (TPSA) is 122 Å². The summed E-state index contributed by atoms with van der Waals surface area (Å²) in [4.78, 5) is 18.1. The van der Waals surface area contributed by atoms with E-state index in [1.807, 2.05) is 50.7 Å². The van der Waals surface area contributed by atoms with Gasteiger partial charge in [-0.05, 0) is 75.0 Å². The Morgan fingerprint density at radius 2 is 1.76 bits per heavy atom. The van der Waals surface area contributed by atoms with E-state index in [1.165, 1.54) is 19.3 Å². The average molecular weight is 600 g/mol. The molecule has 8 nitrogen and oxygen atoms in total. The molecular formula is C31H41N3O5S2. The number of nitrogens with zero attached hydrogens (tertiary/aromatic N) is 1. The maximum Gasteiger partial charge on any atom is 0.307 e. The van der Waals surface area contributed by atoms with Gasteiger partial charge in [-0.3, -0.25) is 4.79 Å². The van der Waals surface area contributed by atoms with Gasteiger partial charge in [-0.2, -0.15) is 11.8 Å². The van der Waals surface area contributed by atoms with Crippen molar-refractivity contribution >= 4 is 38.5 Å². The van der Waals surface area contributed by atoms with Gasteiger partial charge in [0.05, 0.1) is 16.2 Å². The van der Waals surface area contributed by atoms with Crippen molar-refractivity contribution in [1.82, 2.24) is 15.0 Å². The molecule has 1 aliphatic heterocycles. The summed E-state index contributed by atoms with van der Waals surface area (Å²) in [7, 11) is -3.79. The zero-order valence-electron chi connectivity index (χ0n) is 24.2. The number of amides is 1. The fourth-order valence-electron chi connectivity index (χ4n) is 5.87. The van der Waals surface area contributed by atoms with Crippen LogP contribution in [-0.2, 0) is 16.4 Å². The van der Waals surface area contributed by atoms with Crippen LogP contribution < -0.4 is 10.0 Å². The van der Waals surface area contributed by atoms with Gasteiger partial charge < -0.3 is 14.8 Å². The van der Waals surface area contributed by atoms with E-state index in [9.17, 15) is 18.3 Å². The minimum atomic E-state index is -3.79. The van der Waals surface area contributed by atoms with Gasteiger partial charge in [-0.25, -0.2) is 18.1 Å². The molecular weight excluding hydrogens is 558 g/mol. The second kappa shape index (κ2) is 12.1. The molecule has 1 saturated carbocycles. The van der Waals surface area contributed by atoms with Crippen LogP contribution in [0.15, 0.2) is 45.7 Å². The van der Waals surface area contributed by atoms with Crippen LogP contribution in [0.1, 0.15) is 82.1 Å². The smallest absolute Gasteiger partial charge is 0.307 e. The van der Waals surface area contributed by atoms with Crippen LogP contribution >= 0.6 is 11.8 Å². The van der Waals surface area contributed by atoms with Gasteiger partial charge in [0.2, 0.25) is 10.0 Å². The minimum absolute atomic E-state index is 0.0326. The van der Waals surface area contributed by atoms with Crippen LogP contribution in [0.25, 0.3) is 22.1 Å². The number of carbonyl (C=O) groups is 1. The summed E-state index contributed by atoms with van der Waals surface area (Å²) in [6.45, 7) is 5.58. The van der Waals surface area contributed by atoms with Crippen LogP contribution in [0.3, 0.4) is 0 Å². The highest BCUT2D eigenvalue weighted by Gasteiger charge is 2.32. The van der Waals surface area contributed by atoms with Crippen molar-refractivity contribution in [3.05, 3.63) is 48.0 Å². The summed E-state index contributed by atoms with van der Waals surface area (Å²) < 4.78 is 35.6. The molecule has 10 heteroatoms. The number of hydrogen-bond acceptors (Lipinski definition) is 7. The monoisotopic (exact) mass is 599 g/mol. The lowest BCUT2D eigenvalue weighted by molar-refractivity contribution is 0.0306. The number of aliphatic hydroxyl groups is 1. The normalized spacial score (nSPS) is 18.4. The van der Waals surface area contributed by atoms with Crippen LogP contribution in [0.5, 0.6) is 0 Å². The van der Waals surface area contributed by atoms with Crippen LogP contribution in [0.2, 0.25) is 0 Å². The first-order chi connectivity index (χ1) is 19.4. The summed E-state index contributed by atoms with van der Waals surface area (Å²) in [5.41, 5.74) is -0.137. The SMILES string of the molecule is CC(C)(C)NS(=O)(=O)c1ccc(-c2oc(C(=O)NCC3(O)CCSCC3)nc2CC2CCCCC2)c2ccccc12. The molecule has 1 amide bonds. The molecule has 0 radical (unpaired) electrons. The predicted octanol–water partition coefficient (Wildman–Crippen LogP) is 5.68. The Bertz CT molecular complexity index is 1500. The third kappa shape index (κ3) is 7.16. The summed E-state index contributed by atoms with van der Waals surface area (Å²) in [6, 6.07) is 10.7. The zero-order valence-corrected chi connectivity index (χ0v) is 25.8. The van der Waals surface area contributed by atoms with Crippen molar-refractivity contribution in [2.45, 2.75) is 88.2 Å². The molecule has 1 aromatic heterocycles. The molecule has 222 valence electrons. The van der Waals surface area contributed by atoms with Gasteiger partial charge >= 0.3 is 5.91 Å². The molecule has 2 aromatic carbocycles. The number of carbonyl (C=O) groups excluding carboxylic acids is 1. The minimum Gasteiger partial charge on any atom is -0.432 e. The molecule has 41 heavy (non-hydrogen) atoms. The number of hydrogen-bond donors (Lipinski definition) is 3. The molecule has 1 aliphatic carbocycles. The Kier molecular flexibility index (Phi) is 8.85. The van der Waals surface area contributed by atoms with E-state index >= 15 is 0 Å². The van der Waals surface area contributed by atoms with E-state index in [2.05, 4.69) is 10.0 Å². The van der Waals surface area contributed by atoms with E-state index in [4.69, 9.17) is 9.40 Å². The maximum absolute atomic E-state index is 13.3. The average Bonchev–Trinajstić information content (AvgIpc) is 3.34. The Morgan fingerprint density at radius 3 is 2.44 bits per heavy atom. The highest BCUT2D eigenvalue weighted by molar-refractivity contribution is 7.99. The van der Waals surface area contributed by atoms with Crippen molar-refractivity contribution in [2.75, 3.05) is 18.1 Å². The van der Waals surface area contributed by atoms with Crippen LogP contribution in [0.4, 0.5) is 0 Å². The van der Waals surface area contributed by atoms with Gasteiger partial charge in [0, 0.05) is 23.0 Å². The number of fused-ring (bicyclic) bond motifs is 1. The molecule has 2 aliphatic rings. The third-order valence-electron chi connectivity index (χ3n) is 7.96. The van der Waals surface area contributed by atoms with E-state index in [0.717, 1.165) is 24.3 Å². The summed E-state index contributed by atoms with van der Waals surface area (Å²) in [5.74, 6) is 2.19. The summed E-state index contributed by atoms with van der Waals surface area (Å²) in [6.07, 6.45) is 7.76. The first-order valence-electron chi connectivity index (χ1n) is 14.6. The molecule has 1 saturated heterocycles. The number of oxazole rings is 1. The lowest BCUT2D eigenvalue weighted by atomic mass is 9.85. The third-order valence-corrected chi connectivity index (χ3v) is 10.8. The zero-order chi connectivity index (χ0) is 29.3. The highest BCUT2D eigenvalue weighted by Crippen LogP contribution is 2.37. The Balaban J connectivity index is 1.53. The van der Waals surface area contributed by atoms with Crippen molar-refractivity contribution in [3.63, 3.8) is 0 Å². The van der Waals surface area contributed by atoms with Gasteiger partial charge in [-0.1, -0.05) is 56.4 Å². The number of rotatable bonds is 8. The molecule has 2 heterocycles. The fourth-order valence-corrected chi connectivity index (χ4v) is 8.76. The first-order valence-corrected chi connectivity index (χ1v) is 17.2. The summed E-state index contributed by atoms with van der Waals surface area (Å²) in [5, 5.41) is 15.0. The van der Waals surface area contributed by atoms with Crippen LogP contribution in [-0.4, -0.2) is 53.6 Å². The highest BCUT2D eigenvalue weighted by atomic mass is 32.2. The molecule has 0 spiro atoms. The van der Waals surface area contributed by atoms with Crippen molar-refractivity contribution < 1.29 is 22.7 Å². The predicted molar refractivity (Wildman–Crippen MR) is 164 cm³/mol.